The summed E-state index contributed by atoms with van der Waals surface area (Å²) in [6, 6.07) is 2.90. The first-order chi connectivity index (χ1) is 13.3. The highest BCUT2D eigenvalue weighted by molar-refractivity contribution is 8.17. The predicted octanol–water partition coefficient (Wildman–Crippen LogP) is 1.28. The van der Waals surface area contributed by atoms with Crippen molar-refractivity contribution in [2.75, 3.05) is 12.9 Å². The molecular formula is C17H18N2O6S3. The Labute approximate surface area is 173 Å². The van der Waals surface area contributed by atoms with Crippen molar-refractivity contribution in [1.82, 2.24) is 10.2 Å². The second-order valence-electron chi connectivity index (χ2n) is 6.06. The number of hydrogen-bond acceptors (Lipinski definition) is 8. The van der Waals surface area contributed by atoms with Crippen molar-refractivity contribution in [2.45, 2.75) is 29.3 Å². The van der Waals surface area contributed by atoms with E-state index in [0.29, 0.717) is 5.57 Å². The lowest BCUT2D eigenvalue weighted by molar-refractivity contribution is -0.151. The number of nitrogens with zero attached hydrogens (tertiary/aromatic N) is 1. The highest BCUT2D eigenvalue weighted by Gasteiger charge is 2.56. The van der Waals surface area contributed by atoms with Crippen LogP contribution in [0.25, 0.3) is 0 Å². The standard InChI is InChI=1S/C17H18N2O6S3/c1-8(20)25-7-10-13(16(23)24)19-14(22)12(15(19)28-17(10)26-2)18-11(21)6-9-4-3-5-27-9/h3-5,12,15,17H,6-7H2,1-2H3,(H,18,21)(H,23,24)/t12-,15-,17?/m1/s1. The van der Waals surface area contributed by atoms with Gasteiger partial charge in [0.25, 0.3) is 5.91 Å². The highest BCUT2D eigenvalue weighted by atomic mass is 32.2. The van der Waals surface area contributed by atoms with E-state index in [1.807, 2.05) is 23.8 Å². The van der Waals surface area contributed by atoms with Crippen LogP contribution in [0.4, 0.5) is 0 Å². The quantitative estimate of drug-likeness (QED) is 0.480. The van der Waals surface area contributed by atoms with Gasteiger partial charge in [-0.1, -0.05) is 6.07 Å². The number of β-lactam (4-membered cyclic amide) rings is 1. The molecule has 1 unspecified atom stereocenters. The van der Waals surface area contributed by atoms with Crippen molar-refractivity contribution in [2.24, 2.45) is 0 Å². The molecule has 0 radical (unpaired) electrons. The number of carbonyl (C=O) groups excluding carboxylic acids is 3. The van der Waals surface area contributed by atoms with E-state index in [1.54, 1.807) is 0 Å². The molecule has 1 aromatic rings. The SMILES string of the molecule is CSC1S[C@@H]2[C@H](NC(=O)Cc3cccs3)C(=O)N2C(C(=O)O)=C1COC(C)=O. The number of carboxylic acid groups (broad SMARTS) is 1. The summed E-state index contributed by atoms with van der Waals surface area (Å²) in [6.07, 6.45) is 1.98. The Kier molecular flexibility index (Phi) is 6.36. The van der Waals surface area contributed by atoms with E-state index in [9.17, 15) is 24.3 Å². The van der Waals surface area contributed by atoms with E-state index in [2.05, 4.69) is 5.32 Å². The Morgan fingerprint density at radius 1 is 1.39 bits per heavy atom. The van der Waals surface area contributed by atoms with E-state index in [-0.39, 0.29) is 29.2 Å². The summed E-state index contributed by atoms with van der Waals surface area (Å²) in [4.78, 5) is 49.9. The number of thioether (sulfide) groups is 2. The van der Waals surface area contributed by atoms with E-state index in [4.69, 9.17) is 4.74 Å². The molecule has 2 N–H and O–H groups in total. The molecule has 0 bridgehead atoms. The molecule has 3 atom stereocenters. The number of thiophene rings is 1. The fourth-order valence-electron chi connectivity index (χ4n) is 3.00. The third-order valence-corrected chi connectivity index (χ3v) is 8.01. The molecule has 8 nitrogen and oxygen atoms in total. The molecule has 2 aliphatic heterocycles. The van der Waals surface area contributed by atoms with E-state index in [0.717, 1.165) is 4.88 Å². The largest absolute Gasteiger partial charge is 0.477 e. The highest BCUT2D eigenvalue weighted by Crippen LogP contribution is 2.47. The first-order valence-corrected chi connectivity index (χ1v) is 11.4. The molecule has 0 saturated carbocycles. The topological polar surface area (TPSA) is 113 Å². The maximum absolute atomic E-state index is 12.6. The minimum atomic E-state index is -1.26. The lowest BCUT2D eigenvalue weighted by atomic mass is 10.0. The number of rotatable bonds is 7. The van der Waals surface area contributed by atoms with Gasteiger partial charge in [0.05, 0.1) is 11.0 Å². The van der Waals surface area contributed by atoms with Gasteiger partial charge in [0, 0.05) is 17.4 Å². The molecule has 0 aliphatic carbocycles. The van der Waals surface area contributed by atoms with Gasteiger partial charge in [0.2, 0.25) is 5.91 Å². The number of fused-ring (bicyclic) bond motifs is 1. The summed E-state index contributed by atoms with van der Waals surface area (Å²) in [7, 11) is 0. The van der Waals surface area contributed by atoms with Gasteiger partial charge in [-0.15, -0.1) is 34.9 Å². The fraction of sp³-hybridized carbons (Fsp3) is 0.412. The number of aliphatic carboxylic acids is 1. The van der Waals surface area contributed by atoms with Crippen LogP contribution in [0.2, 0.25) is 0 Å². The predicted molar refractivity (Wildman–Crippen MR) is 107 cm³/mol. The number of ether oxygens (including phenoxy) is 1. The number of hydrogen-bond donors (Lipinski definition) is 2. The minimum Gasteiger partial charge on any atom is -0.477 e. The van der Waals surface area contributed by atoms with Crippen molar-refractivity contribution in [3.05, 3.63) is 33.7 Å². The van der Waals surface area contributed by atoms with E-state index >= 15 is 0 Å². The number of esters is 1. The van der Waals surface area contributed by atoms with E-state index in [1.165, 1.54) is 46.7 Å². The summed E-state index contributed by atoms with van der Waals surface area (Å²) in [5.74, 6) is -2.55. The zero-order valence-electron chi connectivity index (χ0n) is 15.0. The van der Waals surface area contributed by atoms with E-state index < -0.39 is 29.3 Å². The second-order valence-corrected chi connectivity index (χ2v) is 9.56. The Morgan fingerprint density at radius 2 is 2.14 bits per heavy atom. The normalized spacial score (nSPS) is 23.7. The van der Waals surface area contributed by atoms with Gasteiger partial charge in [-0.3, -0.25) is 19.3 Å². The molecule has 150 valence electrons. The lowest BCUT2D eigenvalue weighted by Gasteiger charge is -2.51. The second kappa shape index (κ2) is 8.58. The average molecular weight is 443 g/mol. The first-order valence-electron chi connectivity index (χ1n) is 8.26. The molecule has 1 saturated heterocycles. The van der Waals surface area contributed by atoms with Gasteiger partial charge in [0.15, 0.2) is 0 Å². The summed E-state index contributed by atoms with van der Waals surface area (Å²) in [5.41, 5.74) is 0.200. The van der Waals surface area contributed by atoms with Crippen molar-refractivity contribution in [3.63, 3.8) is 0 Å². The molecule has 2 amide bonds. The zero-order valence-corrected chi connectivity index (χ0v) is 17.5. The summed E-state index contributed by atoms with van der Waals surface area (Å²) in [6.45, 7) is 1.04. The zero-order chi connectivity index (χ0) is 20.4. The molecule has 3 rings (SSSR count). The first kappa shape index (κ1) is 20.7. The maximum Gasteiger partial charge on any atom is 0.352 e. The minimum absolute atomic E-state index is 0.168. The van der Waals surface area contributed by atoms with Crippen LogP contribution in [0, 0.1) is 0 Å². The lowest BCUT2D eigenvalue weighted by Crippen LogP contribution is -2.71. The number of carbonyl (C=O) groups is 4. The number of carboxylic acids is 1. The van der Waals surface area contributed by atoms with Gasteiger partial charge in [-0.05, 0) is 17.7 Å². The van der Waals surface area contributed by atoms with Crippen molar-refractivity contribution in [1.29, 1.82) is 0 Å². The summed E-state index contributed by atoms with van der Waals surface area (Å²) >= 11 is 4.21. The molecule has 0 aromatic carbocycles. The van der Waals surface area contributed by atoms with Gasteiger partial charge in [0.1, 0.15) is 23.7 Å². The molecule has 28 heavy (non-hydrogen) atoms. The van der Waals surface area contributed by atoms with Gasteiger partial charge in [-0.25, -0.2) is 4.79 Å². The van der Waals surface area contributed by atoms with Crippen LogP contribution >= 0.6 is 34.9 Å². The van der Waals surface area contributed by atoms with Crippen molar-refractivity contribution < 1.29 is 29.0 Å². The van der Waals surface area contributed by atoms with Crippen molar-refractivity contribution in [3.8, 4) is 0 Å². The number of nitrogens with one attached hydrogen (secondary N) is 1. The van der Waals surface area contributed by atoms with Crippen LogP contribution < -0.4 is 5.32 Å². The van der Waals surface area contributed by atoms with Gasteiger partial charge >= 0.3 is 11.9 Å². The molecule has 1 aromatic heterocycles. The molecular weight excluding hydrogens is 424 g/mol. The smallest absolute Gasteiger partial charge is 0.352 e. The summed E-state index contributed by atoms with van der Waals surface area (Å²) < 4.78 is 4.68. The van der Waals surface area contributed by atoms with Gasteiger partial charge in [-0.2, -0.15) is 0 Å². The van der Waals surface area contributed by atoms with Crippen LogP contribution in [-0.2, 0) is 30.3 Å². The Hall–Kier alpha value is -1.98. The Morgan fingerprint density at radius 3 is 2.71 bits per heavy atom. The van der Waals surface area contributed by atoms with Crippen LogP contribution in [0.1, 0.15) is 11.8 Å². The van der Waals surface area contributed by atoms with Crippen LogP contribution in [-0.4, -0.2) is 62.6 Å². The monoisotopic (exact) mass is 442 g/mol. The Balaban J connectivity index is 1.79. The third kappa shape index (κ3) is 4.06. The molecule has 3 heterocycles. The Bertz CT molecular complexity index is 838. The molecule has 1 fully saturated rings. The van der Waals surface area contributed by atoms with Gasteiger partial charge < -0.3 is 15.2 Å². The third-order valence-electron chi connectivity index (χ3n) is 4.21. The van der Waals surface area contributed by atoms with Crippen LogP contribution in [0.3, 0.4) is 0 Å². The van der Waals surface area contributed by atoms with Crippen LogP contribution in [0.5, 0.6) is 0 Å². The molecule has 11 heteroatoms. The number of amides is 2. The maximum atomic E-state index is 12.6. The van der Waals surface area contributed by atoms with Crippen LogP contribution in [0.15, 0.2) is 28.8 Å². The summed E-state index contributed by atoms with van der Waals surface area (Å²) in [5, 5.41) is 13.7. The molecule has 0 spiro atoms. The fourth-order valence-corrected chi connectivity index (χ4v) is 6.22. The average Bonchev–Trinajstić information content (AvgIpc) is 3.15. The van der Waals surface area contributed by atoms with Crippen molar-refractivity contribution >= 4 is 58.6 Å². The molecule has 2 aliphatic rings.